The van der Waals surface area contributed by atoms with Gasteiger partial charge < -0.3 is 4.90 Å². The molecule has 0 saturated carbocycles. The molecule has 0 bridgehead atoms. The van der Waals surface area contributed by atoms with Gasteiger partial charge in [0.2, 0.25) is 0 Å². The molecule has 1 aliphatic carbocycles. The molecule has 5 rings (SSSR count). The van der Waals surface area contributed by atoms with Gasteiger partial charge in [0.15, 0.2) is 0 Å². The molecule has 37 heavy (non-hydrogen) atoms. The highest BCUT2D eigenvalue weighted by molar-refractivity contribution is 5.79. The van der Waals surface area contributed by atoms with Gasteiger partial charge in [0.05, 0.1) is 0 Å². The van der Waals surface area contributed by atoms with Crippen molar-refractivity contribution in [1.29, 1.82) is 0 Å². The fourth-order valence-corrected chi connectivity index (χ4v) is 5.57. The van der Waals surface area contributed by atoms with E-state index in [1.54, 1.807) is 0 Å². The van der Waals surface area contributed by atoms with Crippen LogP contribution in [0.3, 0.4) is 0 Å². The Balaban J connectivity index is 1.62. The molecule has 1 nitrogen and oxygen atoms in total. The molecule has 4 aromatic rings. The van der Waals surface area contributed by atoms with Crippen LogP contribution in [-0.2, 0) is 0 Å². The van der Waals surface area contributed by atoms with E-state index in [-0.39, 0.29) is 0 Å². The Hall–Kier alpha value is -3.84. The average Bonchev–Trinajstić information content (AvgIpc) is 2.87. The minimum absolute atomic E-state index is 0.441. The predicted octanol–water partition coefficient (Wildman–Crippen LogP) is 10.3. The first-order valence-electron chi connectivity index (χ1n) is 13.3. The van der Waals surface area contributed by atoms with E-state index >= 15 is 0 Å². The second-order valence-electron chi connectivity index (χ2n) is 10.8. The van der Waals surface area contributed by atoms with Gasteiger partial charge in [-0.15, -0.1) is 0 Å². The normalized spacial score (nSPS) is 15.2. The van der Waals surface area contributed by atoms with Crippen LogP contribution in [-0.4, -0.2) is 0 Å². The molecule has 0 radical (unpaired) electrons. The first-order chi connectivity index (χ1) is 17.8. The Bertz CT molecular complexity index is 1420. The first kappa shape index (κ1) is 24.8. The van der Waals surface area contributed by atoms with Crippen molar-refractivity contribution in [2.24, 2.45) is 5.92 Å². The van der Waals surface area contributed by atoms with Crippen molar-refractivity contribution in [3.05, 3.63) is 131 Å². The number of nitrogens with zero attached hydrogens (tertiary/aromatic N) is 1. The van der Waals surface area contributed by atoms with Crippen LogP contribution < -0.4 is 4.90 Å². The molecule has 0 spiro atoms. The van der Waals surface area contributed by atoms with Crippen molar-refractivity contribution in [3.63, 3.8) is 0 Å². The molecular weight excluding hydrogens is 446 g/mol. The van der Waals surface area contributed by atoms with Gasteiger partial charge in [-0.25, -0.2) is 0 Å². The van der Waals surface area contributed by atoms with Crippen molar-refractivity contribution in [3.8, 4) is 22.3 Å². The number of aryl methyl sites for hydroxylation is 4. The molecule has 0 amide bonds. The van der Waals surface area contributed by atoms with Crippen LogP contribution in [0.2, 0.25) is 0 Å². The summed E-state index contributed by atoms with van der Waals surface area (Å²) in [4.78, 5) is 2.50. The summed E-state index contributed by atoms with van der Waals surface area (Å²) < 4.78 is 0. The van der Waals surface area contributed by atoms with Crippen molar-refractivity contribution in [1.82, 2.24) is 0 Å². The van der Waals surface area contributed by atoms with Gasteiger partial charge >= 0.3 is 0 Å². The topological polar surface area (TPSA) is 3.24 Å². The smallest absolute Gasteiger partial charge is 0.0488 e. The predicted molar refractivity (Wildman–Crippen MR) is 160 cm³/mol. The zero-order chi connectivity index (χ0) is 26.1. The van der Waals surface area contributed by atoms with E-state index in [2.05, 4.69) is 144 Å². The number of benzene rings is 4. The Kier molecular flexibility index (Phi) is 6.89. The number of anilines is 2. The molecule has 1 heteroatoms. The molecule has 1 atom stereocenters. The van der Waals surface area contributed by atoms with E-state index < -0.39 is 0 Å². The molecule has 0 aliphatic heterocycles. The van der Waals surface area contributed by atoms with Crippen LogP contribution in [0, 0.1) is 33.6 Å². The molecule has 4 aromatic carbocycles. The summed E-state index contributed by atoms with van der Waals surface area (Å²) >= 11 is 0. The van der Waals surface area contributed by atoms with E-state index in [9.17, 15) is 0 Å². The third-order valence-corrected chi connectivity index (χ3v) is 7.51. The SMILES string of the molecule is CC1=CC=C(N(c2ccc(-c3cccc(C)c3)cc2C)c2ccc(-c3cccc(C)c3)cc2C)C(C)C1. The second-order valence-corrected chi connectivity index (χ2v) is 10.8. The van der Waals surface area contributed by atoms with Crippen LogP contribution in [0.5, 0.6) is 0 Å². The Labute approximate surface area is 222 Å². The van der Waals surface area contributed by atoms with Crippen molar-refractivity contribution in [2.45, 2.75) is 48.0 Å². The van der Waals surface area contributed by atoms with E-state index in [0.717, 1.165) is 6.42 Å². The number of hydrogen-bond acceptors (Lipinski definition) is 1. The lowest BCUT2D eigenvalue weighted by molar-refractivity contribution is 0.647. The molecule has 0 saturated heterocycles. The lowest BCUT2D eigenvalue weighted by Crippen LogP contribution is -2.24. The maximum atomic E-state index is 2.50. The van der Waals surface area contributed by atoms with Crippen LogP contribution in [0.25, 0.3) is 22.3 Å². The summed E-state index contributed by atoms with van der Waals surface area (Å²) in [7, 11) is 0. The quantitative estimate of drug-likeness (QED) is 0.273. The summed E-state index contributed by atoms with van der Waals surface area (Å²) in [5, 5.41) is 0. The van der Waals surface area contributed by atoms with Crippen molar-refractivity contribution >= 4 is 11.4 Å². The maximum absolute atomic E-state index is 2.50. The zero-order valence-corrected chi connectivity index (χ0v) is 23.0. The van der Waals surface area contributed by atoms with Crippen LogP contribution in [0.4, 0.5) is 11.4 Å². The van der Waals surface area contributed by atoms with Gasteiger partial charge in [-0.3, -0.25) is 0 Å². The number of rotatable bonds is 5. The summed E-state index contributed by atoms with van der Waals surface area (Å²) in [6, 6.07) is 31.4. The largest absolute Gasteiger partial charge is 0.313 e. The number of hydrogen-bond donors (Lipinski definition) is 0. The maximum Gasteiger partial charge on any atom is 0.0488 e. The molecule has 0 N–H and O–H groups in total. The summed E-state index contributed by atoms with van der Waals surface area (Å²) in [6.07, 6.45) is 5.70. The first-order valence-corrected chi connectivity index (χ1v) is 13.3. The second kappa shape index (κ2) is 10.3. The monoisotopic (exact) mass is 483 g/mol. The zero-order valence-electron chi connectivity index (χ0n) is 23.0. The van der Waals surface area contributed by atoms with Crippen molar-refractivity contribution in [2.75, 3.05) is 4.90 Å². The Morgan fingerprint density at radius 3 is 1.49 bits per heavy atom. The third-order valence-electron chi connectivity index (χ3n) is 7.51. The molecule has 1 unspecified atom stereocenters. The van der Waals surface area contributed by atoms with E-state index in [4.69, 9.17) is 0 Å². The lowest BCUT2D eigenvalue weighted by atomic mass is 9.91. The van der Waals surface area contributed by atoms with Gasteiger partial charge in [-0.1, -0.05) is 90.4 Å². The van der Waals surface area contributed by atoms with Crippen molar-refractivity contribution < 1.29 is 0 Å². The van der Waals surface area contributed by atoms with E-state index in [1.807, 2.05) is 0 Å². The molecule has 0 aromatic heterocycles. The molecule has 186 valence electrons. The summed E-state index contributed by atoms with van der Waals surface area (Å²) in [5.74, 6) is 0.441. The minimum Gasteiger partial charge on any atom is -0.313 e. The standard InChI is InChI=1S/C36H37N/c1-24-9-7-11-30(20-24)32-14-17-35(28(5)22-32)37(34-16-13-26(3)19-27(34)4)36-18-15-33(23-29(36)6)31-12-8-10-25(2)21-31/h7-18,20-23,27H,19H2,1-6H3. The lowest BCUT2D eigenvalue weighted by Gasteiger charge is -2.35. The van der Waals surface area contributed by atoms with Gasteiger partial charge in [0, 0.05) is 23.0 Å². The molecule has 1 aliphatic rings. The van der Waals surface area contributed by atoms with E-state index in [0.29, 0.717) is 5.92 Å². The van der Waals surface area contributed by atoms with Gasteiger partial charge in [-0.05, 0) is 105 Å². The van der Waals surface area contributed by atoms with Gasteiger partial charge in [0.1, 0.15) is 0 Å². The highest BCUT2D eigenvalue weighted by Crippen LogP contribution is 2.41. The van der Waals surface area contributed by atoms with Gasteiger partial charge in [-0.2, -0.15) is 0 Å². The fourth-order valence-electron chi connectivity index (χ4n) is 5.57. The fraction of sp³-hybridized carbons (Fsp3) is 0.222. The Morgan fingerprint density at radius 2 is 1.05 bits per heavy atom. The molecule has 0 fully saturated rings. The minimum atomic E-state index is 0.441. The van der Waals surface area contributed by atoms with Crippen LogP contribution in [0.1, 0.15) is 42.5 Å². The third kappa shape index (κ3) is 5.18. The van der Waals surface area contributed by atoms with Crippen LogP contribution >= 0.6 is 0 Å². The van der Waals surface area contributed by atoms with Gasteiger partial charge in [0.25, 0.3) is 0 Å². The number of allylic oxidation sites excluding steroid dienone is 4. The highest BCUT2D eigenvalue weighted by atomic mass is 15.2. The molecule has 0 heterocycles. The Morgan fingerprint density at radius 1 is 0.568 bits per heavy atom. The molecular formula is C36H37N. The van der Waals surface area contributed by atoms with Crippen LogP contribution in [0.15, 0.2) is 108 Å². The van der Waals surface area contributed by atoms with E-state index in [1.165, 1.54) is 67.2 Å². The average molecular weight is 484 g/mol. The summed E-state index contributed by atoms with van der Waals surface area (Å²) in [6.45, 7) is 13.4. The highest BCUT2D eigenvalue weighted by Gasteiger charge is 2.24. The summed E-state index contributed by atoms with van der Waals surface area (Å²) in [5.41, 5.74) is 15.5.